The summed E-state index contributed by atoms with van der Waals surface area (Å²) < 4.78 is 13.6. The van der Waals surface area contributed by atoms with E-state index in [0.29, 0.717) is 23.3 Å². The Labute approximate surface area is 173 Å². The molecule has 29 heavy (non-hydrogen) atoms. The third kappa shape index (κ3) is 4.52. The molecule has 1 aliphatic rings. The van der Waals surface area contributed by atoms with Gasteiger partial charge < -0.3 is 11.1 Å². The molecule has 1 aliphatic heterocycles. The molecule has 0 aliphatic carbocycles. The van der Waals surface area contributed by atoms with Crippen LogP contribution in [0.5, 0.6) is 0 Å². The maximum absolute atomic E-state index is 13.6. The molecule has 0 spiro atoms. The molecule has 4 rings (SSSR count). The lowest BCUT2D eigenvalue weighted by molar-refractivity contribution is 0.0950. The number of hydrogen-bond acceptors (Lipinski definition) is 5. The van der Waals surface area contributed by atoms with Crippen LogP contribution in [0.4, 0.5) is 10.2 Å². The van der Waals surface area contributed by atoms with Crippen molar-refractivity contribution in [1.82, 2.24) is 15.2 Å². The van der Waals surface area contributed by atoms with E-state index in [0.717, 1.165) is 47.7 Å². The molecule has 0 unspecified atom stereocenters. The molecular formula is C22H23FN4OS. The average Bonchev–Trinajstić information content (AvgIpc) is 2.74. The van der Waals surface area contributed by atoms with Crippen molar-refractivity contribution in [2.75, 3.05) is 43.4 Å². The zero-order valence-corrected chi connectivity index (χ0v) is 16.8. The zero-order chi connectivity index (χ0) is 20.2. The van der Waals surface area contributed by atoms with Crippen LogP contribution in [0.3, 0.4) is 0 Å². The second-order valence-corrected chi connectivity index (χ2v) is 8.26. The van der Waals surface area contributed by atoms with Crippen LogP contribution >= 0.6 is 11.8 Å². The lowest BCUT2D eigenvalue weighted by Crippen LogP contribution is -2.39. The van der Waals surface area contributed by atoms with Crippen LogP contribution in [0, 0.1) is 5.82 Å². The number of nitrogens with one attached hydrogen (secondary N) is 1. The van der Waals surface area contributed by atoms with Crippen molar-refractivity contribution in [3.63, 3.8) is 0 Å². The van der Waals surface area contributed by atoms with Gasteiger partial charge in [0, 0.05) is 49.3 Å². The minimum absolute atomic E-state index is 0.160. The fourth-order valence-corrected chi connectivity index (χ4v) is 4.52. The van der Waals surface area contributed by atoms with Gasteiger partial charge >= 0.3 is 0 Å². The van der Waals surface area contributed by atoms with Crippen molar-refractivity contribution in [3.05, 3.63) is 60.0 Å². The molecule has 3 N–H and O–H groups in total. The number of nitrogens with zero attached hydrogens (tertiary/aromatic N) is 2. The van der Waals surface area contributed by atoms with Gasteiger partial charge in [0.1, 0.15) is 11.6 Å². The smallest absolute Gasteiger partial charge is 0.253 e. The van der Waals surface area contributed by atoms with Gasteiger partial charge in [-0.05, 0) is 34.7 Å². The monoisotopic (exact) mass is 410 g/mol. The van der Waals surface area contributed by atoms with Gasteiger partial charge in [0.2, 0.25) is 0 Å². The van der Waals surface area contributed by atoms with Crippen LogP contribution < -0.4 is 11.1 Å². The number of thioether (sulfide) groups is 1. The highest BCUT2D eigenvalue weighted by atomic mass is 32.2. The quantitative estimate of drug-likeness (QED) is 0.675. The summed E-state index contributed by atoms with van der Waals surface area (Å²) in [5, 5.41) is 4.42. The lowest BCUT2D eigenvalue weighted by atomic mass is 9.99. The Morgan fingerprint density at radius 3 is 2.72 bits per heavy atom. The molecule has 1 saturated heterocycles. The summed E-state index contributed by atoms with van der Waals surface area (Å²) in [4.78, 5) is 19.3. The van der Waals surface area contributed by atoms with Crippen LogP contribution in [-0.4, -0.2) is 53.5 Å². The van der Waals surface area contributed by atoms with Crippen molar-refractivity contribution in [3.8, 4) is 11.1 Å². The summed E-state index contributed by atoms with van der Waals surface area (Å²) in [6.45, 7) is 3.57. The number of aromatic nitrogens is 1. The van der Waals surface area contributed by atoms with Crippen LogP contribution in [0.2, 0.25) is 0 Å². The van der Waals surface area contributed by atoms with E-state index in [1.54, 1.807) is 6.07 Å². The number of amides is 1. The molecule has 1 fully saturated rings. The van der Waals surface area contributed by atoms with Crippen LogP contribution in [0.15, 0.2) is 48.7 Å². The highest BCUT2D eigenvalue weighted by Gasteiger charge is 2.15. The first-order valence-corrected chi connectivity index (χ1v) is 10.8. The fraction of sp³-hybridized carbons (Fsp3) is 0.273. The van der Waals surface area contributed by atoms with Gasteiger partial charge in [-0.2, -0.15) is 11.8 Å². The van der Waals surface area contributed by atoms with Gasteiger partial charge in [-0.1, -0.05) is 24.3 Å². The number of pyridine rings is 1. The van der Waals surface area contributed by atoms with Crippen LogP contribution in [0.1, 0.15) is 10.4 Å². The molecule has 0 radical (unpaired) electrons. The second kappa shape index (κ2) is 8.80. The largest absolute Gasteiger partial charge is 0.383 e. The predicted molar refractivity (Wildman–Crippen MR) is 118 cm³/mol. The third-order valence-electron chi connectivity index (χ3n) is 5.14. The maximum atomic E-state index is 13.6. The van der Waals surface area contributed by atoms with E-state index >= 15 is 0 Å². The van der Waals surface area contributed by atoms with E-state index in [4.69, 9.17) is 5.73 Å². The number of carbonyl (C=O) groups excluding carboxylic acids is 1. The summed E-state index contributed by atoms with van der Waals surface area (Å²) in [5.74, 6) is 2.18. The number of nitrogens with two attached hydrogens (primary N) is 1. The normalized spacial score (nSPS) is 14.8. The minimum atomic E-state index is -0.297. The van der Waals surface area contributed by atoms with E-state index < -0.39 is 0 Å². The highest BCUT2D eigenvalue weighted by molar-refractivity contribution is 7.99. The van der Waals surface area contributed by atoms with Crippen molar-refractivity contribution in [2.45, 2.75) is 0 Å². The summed E-state index contributed by atoms with van der Waals surface area (Å²) in [6, 6.07) is 12.0. The highest BCUT2D eigenvalue weighted by Crippen LogP contribution is 2.29. The van der Waals surface area contributed by atoms with Crippen molar-refractivity contribution in [1.29, 1.82) is 0 Å². The van der Waals surface area contributed by atoms with Gasteiger partial charge in [-0.3, -0.25) is 9.69 Å². The standard InChI is InChI=1S/C22H23FN4OS/c23-17-3-1-2-15(12-17)16-4-5-18-19(13-16)21(24)26-14-20(18)22(28)25-6-7-27-8-10-29-11-9-27/h1-5,12-14H,6-11H2,(H2,24,26)(H,25,28). The molecule has 1 aromatic heterocycles. The first-order valence-electron chi connectivity index (χ1n) is 9.64. The number of fused-ring (bicyclic) bond motifs is 1. The lowest BCUT2D eigenvalue weighted by Gasteiger charge is -2.26. The van der Waals surface area contributed by atoms with Crippen molar-refractivity contribution < 1.29 is 9.18 Å². The number of halogens is 1. The SMILES string of the molecule is Nc1ncc(C(=O)NCCN2CCSCC2)c2ccc(-c3cccc(F)c3)cc12. The molecule has 150 valence electrons. The summed E-state index contributed by atoms with van der Waals surface area (Å²) in [7, 11) is 0. The number of hydrogen-bond donors (Lipinski definition) is 2. The summed E-state index contributed by atoms with van der Waals surface area (Å²) in [6.07, 6.45) is 1.52. The third-order valence-corrected chi connectivity index (χ3v) is 6.08. The molecule has 7 heteroatoms. The number of anilines is 1. The molecule has 0 saturated carbocycles. The first-order chi connectivity index (χ1) is 14.1. The van der Waals surface area contributed by atoms with E-state index in [9.17, 15) is 9.18 Å². The van der Waals surface area contributed by atoms with E-state index in [2.05, 4.69) is 15.2 Å². The van der Waals surface area contributed by atoms with Crippen molar-refractivity contribution >= 4 is 34.3 Å². The fourth-order valence-electron chi connectivity index (χ4n) is 3.54. The number of nitrogen functional groups attached to an aromatic ring is 1. The van der Waals surface area contributed by atoms with Gasteiger partial charge in [0.25, 0.3) is 5.91 Å². The summed E-state index contributed by atoms with van der Waals surface area (Å²) >= 11 is 1.97. The molecule has 2 aromatic carbocycles. The molecule has 1 amide bonds. The van der Waals surface area contributed by atoms with Crippen LogP contribution in [-0.2, 0) is 0 Å². The molecule has 0 atom stereocenters. The zero-order valence-electron chi connectivity index (χ0n) is 16.0. The Bertz CT molecular complexity index is 1040. The minimum Gasteiger partial charge on any atom is -0.383 e. The van der Waals surface area contributed by atoms with Gasteiger partial charge in [-0.15, -0.1) is 0 Å². The first kappa shape index (κ1) is 19.7. The Morgan fingerprint density at radius 2 is 1.93 bits per heavy atom. The average molecular weight is 411 g/mol. The second-order valence-electron chi connectivity index (χ2n) is 7.04. The Hall–Kier alpha value is -2.64. The molecule has 0 bridgehead atoms. The Balaban J connectivity index is 1.55. The van der Waals surface area contributed by atoms with Gasteiger partial charge in [0.15, 0.2) is 0 Å². The Morgan fingerprint density at radius 1 is 1.14 bits per heavy atom. The summed E-state index contributed by atoms with van der Waals surface area (Å²) in [5.41, 5.74) is 8.14. The van der Waals surface area contributed by atoms with Gasteiger partial charge in [0.05, 0.1) is 5.56 Å². The molecular weight excluding hydrogens is 387 g/mol. The number of benzene rings is 2. The number of rotatable bonds is 5. The van der Waals surface area contributed by atoms with Crippen LogP contribution in [0.25, 0.3) is 21.9 Å². The van der Waals surface area contributed by atoms with Gasteiger partial charge in [-0.25, -0.2) is 9.37 Å². The predicted octanol–water partition coefficient (Wildman–Crippen LogP) is 3.40. The van der Waals surface area contributed by atoms with E-state index in [1.165, 1.54) is 18.3 Å². The van der Waals surface area contributed by atoms with E-state index in [-0.39, 0.29) is 11.7 Å². The number of carbonyl (C=O) groups is 1. The molecule has 3 aromatic rings. The van der Waals surface area contributed by atoms with Crippen molar-refractivity contribution in [2.24, 2.45) is 0 Å². The topological polar surface area (TPSA) is 71.2 Å². The Kier molecular flexibility index (Phi) is 5.97. The molecule has 2 heterocycles. The van der Waals surface area contributed by atoms with E-state index in [1.807, 2.05) is 36.0 Å². The molecule has 5 nitrogen and oxygen atoms in total. The maximum Gasteiger partial charge on any atom is 0.253 e.